The number of hydrogen-bond donors (Lipinski definition) is 2. The topological polar surface area (TPSA) is 41.1 Å². The molecule has 3 rings (SSSR count). The normalized spacial score (nSPS) is 21.2. The van der Waals surface area contributed by atoms with Gasteiger partial charge in [0.25, 0.3) is 0 Å². The van der Waals surface area contributed by atoms with Crippen LogP contribution >= 0.6 is 11.6 Å². The van der Waals surface area contributed by atoms with Crippen LogP contribution in [-0.2, 0) is 11.2 Å². The smallest absolute Gasteiger partial charge is 0.228 e. The number of carbonyl (C=O) groups is 1. The molecule has 1 heterocycles. The van der Waals surface area contributed by atoms with E-state index in [1.165, 1.54) is 25.7 Å². The van der Waals surface area contributed by atoms with Gasteiger partial charge in [-0.15, -0.1) is 0 Å². The quantitative estimate of drug-likeness (QED) is 0.880. The van der Waals surface area contributed by atoms with Crippen LogP contribution in [0.5, 0.6) is 0 Å². The van der Waals surface area contributed by atoms with E-state index in [2.05, 4.69) is 23.6 Å². The minimum atomic E-state index is 0.0605. The first-order valence-electron chi connectivity index (χ1n) is 7.89. The Morgan fingerprint density at radius 3 is 2.71 bits per heavy atom. The number of nitrogens with one attached hydrogen (secondary N) is 2. The molecule has 0 saturated heterocycles. The Bertz CT molecular complexity index is 564. The van der Waals surface area contributed by atoms with Crippen LogP contribution in [0.3, 0.4) is 0 Å². The summed E-state index contributed by atoms with van der Waals surface area (Å²) in [4.78, 5) is 11.6. The molecule has 114 valence electrons. The van der Waals surface area contributed by atoms with E-state index in [1.54, 1.807) is 0 Å². The van der Waals surface area contributed by atoms with Crippen LogP contribution in [0.25, 0.3) is 0 Å². The van der Waals surface area contributed by atoms with E-state index in [4.69, 9.17) is 11.6 Å². The molecule has 1 saturated carbocycles. The van der Waals surface area contributed by atoms with Gasteiger partial charge in [-0.05, 0) is 48.9 Å². The Morgan fingerprint density at radius 1 is 1.38 bits per heavy atom. The highest BCUT2D eigenvalue weighted by Gasteiger charge is 2.41. The molecule has 3 nitrogen and oxygen atoms in total. The number of anilines is 1. The average molecular weight is 307 g/mol. The summed E-state index contributed by atoms with van der Waals surface area (Å²) < 4.78 is 0. The Hall–Kier alpha value is -1.06. The summed E-state index contributed by atoms with van der Waals surface area (Å²) in [5.74, 6) is 0.0605. The van der Waals surface area contributed by atoms with E-state index < -0.39 is 0 Å². The number of carbonyl (C=O) groups excluding carboxylic acids is 1. The van der Waals surface area contributed by atoms with Gasteiger partial charge < -0.3 is 10.6 Å². The molecule has 1 amide bonds. The summed E-state index contributed by atoms with van der Waals surface area (Å²) in [5.41, 5.74) is 3.39. The van der Waals surface area contributed by atoms with Gasteiger partial charge in [0.2, 0.25) is 5.91 Å². The second-order valence-electron chi connectivity index (χ2n) is 6.40. The standard InChI is InChI=1S/C17H23ClN2O/c1-3-17(6-4-5-7-17)16(19-2)12-8-11-9-15(21)20-14(11)10-13(12)18/h8,10,16,19H,3-7,9H2,1-2H3,(H,20,21). The first-order valence-corrected chi connectivity index (χ1v) is 8.27. The van der Waals surface area contributed by atoms with Gasteiger partial charge in [0.15, 0.2) is 0 Å². The van der Waals surface area contributed by atoms with Crippen molar-refractivity contribution in [1.29, 1.82) is 0 Å². The molecule has 1 aliphatic carbocycles. The summed E-state index contributed by atoms with van der Waals surface area (Å²) in [6.07, 6.45) is 6.72. The highest BCUT2D eigenvalue weighted by Crippen LogP contribution is 2.51. The molecule has 1 aromatic carbocycles. The van der Waals surface area contributed by atoms with Crippen LogP contribution in [0.2, 0.25) is 5.02 Å². The first-order chi connectivity index (χ1) is 10.1. The molecule has 2 aliphatic rings. The average Bonchev–Trinajstić information content (AvgIpc) is 3.06. The van der Waals surface area contributed by atoms with Crippen LogP contribution in [0, 0.1) is 5.41 Å². The maximum Gasteiger partial charge on any atom is 0.228 e. The van der Waals surface area contributed by atoms with Gasteiger partial charge >= 0.3 is 0 Å². The molecule has 0 aromatic heterocycles. The SMILES string of the molecule is CCC1(C(NC)c2cc3c(cc2Cl)NC(=O)C3)CCCC1. The lowest BCUT2D eigenvalue weighted by molar-refractivity contribution is -0.115. The molecular weight excluding hydrogens is 284 g/mol. The molecule has 4 heteroatoms. The second kappa shape index (κ2) is 5.62. The van der Waals surface area contributed by atoms with Crippen molar-refractivity contribution >= 4 is 23.2 Å². The van der Waals surface area contributed by atoms with Gasteiger partial charge in [-0.1, -0.05) is 37.4 Å². The number of benzene rings is 1. The fourth-order valence-corrected chi connectivity index (χ4v) is 4.48. The highest BCUT2D eigenvalue weighted by molar-refractivity contribution is 6.32. The zero-order valence-corrected chi connectivity index (χ0v) is 13.5. The second-order valence-corrected chi connectivity index (χ2v) is 6.81. The van der Waals surface area contributed by atoms with Crippen LogP contribution < -0.4 is 10.6 Å². The van der Waals surface area contributed by atoms with Crippen molar-refractivity contribution in [1.82, 2.24) is 5.32 Å². The zero-order chi connectivity index (χ0) is 15.0. The molecule has 1 fully saturated rings. The van der Waals surface area contributed by atoms with Gasteiger partial charge in [-0.3, -0.25) is 4.79 Å². The molecule has 1 aliphatic heterocycles. The molecular formula is C17H23ClN2O. The Balaban J connectivity index is 2.02. The predicted octanol–water partition coefficient (Wildman–Crippen LogP) is 4.07. The third-order valence-corrected chi connectivity index (χ3v) is 5.69. The van der Waals surface area contributed by atoms with Crippen LogP contribution in [0.4, 0.5) is 5.69 Å². The summed E-state index contributed by atoms with van der Waals surface area (Å²) in [6, 6.07) is 4.31. The first kappa shape index (κ1) is 14.9. The van der Waals surface area contributed by atoms with Gasteiger partial charge in [0, 0.05) is 16.8 Å². The van der Waals surface area contributed by atoms with Gasteiger partial charge in [-0.2, -0.15) is 0 Å². The van der Waals surface area contributed by atoms with E-state index in [0.717, 1.165) is 28.3 Å². The molecule has 0 radical (unpaired) electrons. The Morgan fingerprint density at radius 2 is 2.10 bits per heavy atom. The van der Waals surface area contributed by atoms with Crippen molar-refractivity contribution in [2.75, 3.05) is 12.4 Å². The highest BCUT2D eigenvalue weighted by atomic mass is 35.5. The summed E-state index contributed by atoms with van der Waals surface area (Å²) in [5, 5.41) is 7.14. The number of hydrogen-bond acceptors (Lipinski definition) is 2. The van der Waals surface area contributed by atoms with E-state index in [1.807, 2.05) is 13.1 Å². The fraction of sp³-hybridized carbons (Fsp3) is 0.588. The third-order valence-electron chi connectivity index (χ3n) is 5.36. The fourth-order valence-electron chi connectivity index (χ4n) is 4.21. The maximum absolute atomic E-state index is 11.6. The van der Waals surface area contributed by atoms with Crippen molar-refractivity contribution in [2.45, 2.75) is 51.5 Å². The van der Waals surface area contributed by atoms with Crippen molar-refractivity contribution in [3.8, 4) is 0 Å². The third kappa shape index (κ3) is 2.47. The van der Waals surface area contributed by atoms with E-state index in [9.17, 15) is 4.79 Å². The number of rotatable bonds is 4. The molecule has 2 N–H and O–H groups in total. The van der Waals surface area contributed by atoms with Crippen molar-refractivity contribution < 1.29 is 4.79 Å². The number of halogens is 1. The summed E-state index contributed by atoms with van der Waals surface area (Å²) in [7, 11) is 2.02. The van der Waals surface area contributed by atoms with Gasteiger partial charge in [-0.25, -0.2) is 0 Å². The van der Waals surface area contributed by atoms with Crippen LogP contribution in [0.1, 0.15) is 56.2 Å². The maximum atomic E-state index is 11.6. The largest absolute Gasteiger partial charge is 0.325 e. The van der Waals surface area contributed by atoms with E-state index in [-0.39, 0.29) is 11.9 Å². The minimum absolute atomic E-state index is 0.0605. The summed E-state index contributed by atoms with van der Waals surface area (Å²) >= 11 is 6.54. The Kier molecular flexibility index (Phi) is 3.98. The molecule has 0 bridgehead atoms. The number of amides is 1. The van der Waals surface area contributed by atoms with Crippen LogP contribution in [-0.4, -0.2) is 13.0 Å². The van der Waals surface area contributed by atoms with Crippen molar-refractivity contribution in [2.24, 2.45) is 5.41 Å². The summed E-state index contributed by atoms with van der Waals surface area (Å²) in [6.45, 7) is 2.28. The lowest BCUT2D eigenvalue weighted by Gasteiger charge is -2.38. The number of fused-ring (bicyclic) bond motifs is 1. The van der Waals surface area contributed by atoms with Gasteiger partial charge in [0.1, 0.15) is 0 Å². The van der Waals surface area contributed by atoms with Gasteiger partial charge in [0.05, 0.1) is 6.42 Å². The molecule has 1 aromatic rings. The van der Waals surface area contributed by atoms with Crippen molar-refractivity contribution in [3.05, 3.63) is 28.3 Å². The van der Waals surface area contributed by atoms with E-state index >= 15 is 0 Å². The van der Waals surface area contributed by atoms with Crippen LogP contribution in [0.15, 0.2) is 12.1 Å². The molecule has 1 unspecified atom stereocenters. The minimum Gasteiger partial charge on any atom is -0.325 e. The lowest BCUT2D eigenvalue weighted by atomic mass is 9.73. The predicted molar refractivity (Wildman–Crippen MR) is 86.8 cm³/mol. The molecule has 21 heavy (non-hydrogen) atoms. The van der Waals surface area contributed by atoms with Crippen molar-refractivity contribution in [3.63, 3.8) is 0 Å². The molecule has 0 spiro atoms. The monoisotopic (exact) mass is 306 g/mol. The zero-order valence-electron chi connectivity index (χ0n) is 12.8. The lowest BCUT2D eigenvalue weighted by Crippen LogP contribution is -2.34. The molecule has 1 atom stereocenters. The van der Waals surface area contributed by atoms with E-state index in [0.29, 0.717) is 11.8 Å². The Labute approximate surface area is 131 Å².